The van der Waals surface area contributed by atoms with Crippen LogP contribution in [-0.2, 0) is 0 Å². The van der Waals surface area contributed by atoms with E-state index in [0.29, 0.717) is 5.56 Å². The van der Waals surface area contributed by atoms with Crippen molar-refractivity contribution in [1.82, 2.24) is 0 Å². The van der Waals surface area contributed by atoms with Gasteiger partial charge in [0.2, 0.25) is 0 Å². The number of para-hydroxylation sites is 1. The first-order valence-corrected chi connectivity index (χ1v) is 9.04. The minimum Gasteiger partial charge on any atom is -0.384 e. The average molecular weight is 376 g/mol. The van der Waals surface area contributed by atoms with Crippen LogP contribution in [0.4, 0.5) is 11.4 Å². The van der Waals surface area contributed by atoms with Crippen LogP contribution in [-0.4, -0.2) is 5.84 Å². The molecule has 27 heavy (non-hydrogen) atoms. The smallest absolute Gasteiger partial charge is 0.124 e. The Morgan fingerprint density at radius 3 is 2.11 bits per heavy atom. The minimum atomic E-state index is 0.0503. The van der Waals surface area contributed by atoms with Crippen LogP contribution >= 0.6 is 12.6 Å². The normalized spacial score (nSPS) is 9.74. The Morgan fingerprint density at radius 1 is 0.963 bits per heavy atom. The number of anilines is 2. The average Bonchev–Trinajstić information content (AvgIpc) is 2.64. The number of nitrogens with one attached hydrogen (secondary N) is 2. The molecule has 0 unspecified atom stereocenters. The van der Waals surface area contributed by atoms with Gasteiger partial charge in [-0.15, -0.1) is 12.6 Å². The van der Waals surface area contributed by atoms with E-state index in [9.17, 15) is 0 Å². The van der Waals surface area contributed by atoms with Gasteiger partial charge in [-0.2, -0.15) is 0 Å². The Morgan fingerprint density at radius 2 is 1.59 bits per heavy atom. The van der Waals surface area contributed by atoms with Crippen molar-refractivity contribution in [1.29, 1.82) is 5.41 Å². The molecular weight excluding hydrogens is 350 g/mol. The van der Waals surface area contributed by atoms with Crippen molar-refractivity contribution in [3.05, 3.63) is 96.1 Å². The molecule has 3 aromatic rings. The van der Waals surface area contributed by atoms with Crippen LogP contribution in [0.1, 0.15) is 23.6 Å². The molecule has 0 aliphatic heterocycles. The van der Waals surface area contributed by atoms with Gasteiger partial charge in [0.1, 0.15) is 5.84 Å². The highest BCUT2D eigenvalue weighted by Gasteiger charge is 2.08. The van der Waals surface area contributed by atoms with Gasteiger partial charge in [0.05, 0.1) is 5.69 Å². The fourth-order valence-corrected chi connectivity index (χ4v) is 2.61. The maximum atomic E-state index is 7.69. The summed E-state index contributed by atoms with van der Waals surface area (Å²) in [6, 6.07) is 23.6. The van der Waals surface area contributed by atoms with E-state index in [2.05, 4.69) is 24.5 Å². The first-order chi connectivity index (χ1) is 12.9. The summed E-state index contributed by atoms with van der Waals surface area (Å²) in [6.07, 6.45) is 0. The largest absolute Gasteiger partial charge is 0.384 e. The molecule has 4 heteroatoms. The standard InChI is InChI=1S/C17H19N3.C6H6S/c1-11(2)13-8-9-14(17(18)19)16(10-13)20-15-7-5-4-6-12(15)3;7-6-4-2-1-3-5-6/h4-10,20H,1H2,2-3H3,(H3,18,19);1-5,7H. The molecule has 0 fully saturated rings. The lowest BCUT2D eigenvalue weighted by atomic mass is 10.0. The van der Waals surface area contributed by atoms with Gasteiger partial charge in [0.25, 0.3) is 0 Å². The molecule has 0 atom stereocenters. The van der Waals surface area contributed by atoms with Crippen LogP contribution < -0.4 is 11.1 Å². The molecule has 0 aliphatic carbocycles. The molecule has 0 saturated heterocycles. The SMILES string of the molecule is C=C(C)c1ccc(C(=N)N)c(Nc2ccccc2C)c1.Sc1ccccc1. The molecule has 3 aromatic carbocycles. The van der Waals surface area contributed by atoms with Crippen molar-refractivity contribution < 1.29 is 0 Å². The summed E-state index contributed by atoms with van der Waals surface area (Å²) in [5.41, 5.74) is 11.3. The fourth-order valence-electron chi connectivity index (χ4n) is 2.43. The molecule has 0 radical (unpaired) electrons. The van der Waals surface area contributed by atoms with E-state index in [1.807, 2.05) is 86.6 Å². The van der Waals surface area contributed by atoms with Crippen LogP contribution in [0.25, 0.3) is 5.57 Å². The van der Waals surface area contributed by atoms with Gasteiger partial charge in [-0.25, -0.2) is 0 Å². The Balaban J connectivity index is 0.000000313. The van der Waals surface area contributed by atoms with Crippen LogP contribution in [0.2, 0.25) is 0 Å². The number of nitrogen functional groups attached to an aromatic ring is 1. The molecule has 0 saturated carbocycles. The Kier molecular flexibility index (Phi) is 7.26. The summed E-state index contributed by atoms with van der Waals surface area (Å²) in [4.78, 5) is 1.02. The minimum absolute atomic E-state index is 0.0503. The summed E-state index contributed by atoms with van der Waals surface area (Å²) < 4.78 is 0. The lowest BCUT2D eigenvalue weighted by Crippen LogP contribution is -2.13. The third-order valence-electron chi connectivity index (χ3n) is 3.97. The Labute approximate surface area is 166 Å². The third kappa shape index (κ3) is 6.04. The van der Waals surface area contributed by atoms with Gasteiger partial charge in [0.15, 0.2) is 0 Å². The second kappa shape index (κ2) is 9.64. The van der Waals surface area contributed by atoms with Crippen LogP contribution in [0, 0.1) is 12.3 Å². The number of hydrogen-bond acceptors (Lipinski definition) is 3. The van der Waals surface area contributed by atoms with Crippen molar-refractivity contribution in [2.75, 3.05) is 5.32 Å². The molecule has 3 nitrogen and oxygen atoms in total. The predicted octanol–water partition coefficient (Wildman–Crippen LogP) is 6.03. The van der Waals surface area contributed by atoms with Crippen molar-refractivity contribution in [3.63, 3.8) is 0 Å². The number of thiol groups is 1. The molecule has 4 N–H and O–H groups in total. The number of nitrogens with two attached hydrogens (primary N) is 1. The highest BCUT2D eigenvalue weighted by molar-refractivity contribution is 7.80. The highest BCUT2D eigenvalue weighted by Crippen LogP contribution is 2.26. The monoisotopic (exact) mass is 375 g/mol. The second-order valence-electron chi connectivity index (χ2n) is 6.23. The summed E-state index contributed by atoms with van der Waals surface area (Å²) >= 11 is 4.08. The summed E-state index contributed by atoms with van der Waals surface area (Å²) in [5.74, 6) is 0.0503. The Hall–Kier alpha value is -2.98. The number of amidine groups is 1. The molecule has 0 aromatic heterocycles. The predicted molar refractivity (Wildman–Crippen MR) is 120 cm³/mol. The van der Waals surface area contributed by atoms with Crippen LogP contribution in [0.3, 0.4) is 0 Å². The van der Waals surface area contributed by atoms with Gasteiger partial charge >= 0.3 is 0 Å². The lowest BCUT2D eigenvalue weighted by molar-refractivity contribution is 1.39. The maximum absolute atomic E-state index is 7.69. The zero-order chi connectivity index (χ0) is 19.8. The molecule has 0 spiro atoms. The van der Waals surface area contributed by atoms with Crippen molar-refractivity contribution >= 4 is 35.4 Å². The molecule has 0 bridgehead atoms. The van der Waals surface area contributed by atoms with Crippen molar-refractivity contribution in [2.45, 2.75) is 18.7 Å². The van der Waals surface area contributed by atoms with Gasteiger partial charge in [-0.1, -0.05) is 54.6 Å². The van der Waals surface area contributed by atoms with E-state index in [1.54, 1.807) is 0 Å². The van der Waals surface area contributed by atoms with E-state index < -0.39 is 0 Å². The quantitative estimate of drug-likeness (QED) is 0.255. The molecular formula is C23H25N3S. The number of hydrogen-bond donors (Lipinski definition) is 4. The van der Waals surface area contributed by atoms with E-state index in [-0.39, 0.29) is 5.84 Å². The van der Waals surface area contributed by atoms with Crippen LogP contribution in [0.5, 0.6) is 0 Å². The number of benzene rings is 3. The van der Waals surface area contributed by atoms with Gasteiger partial charge in [0, 0.05) is 16.1 Å². The Bertz CT molecular complexity index is 933. The third-order valence-corrected chi connectivity index (χ3v) is 4.27. The van der Waals surface area contributed by atoms with Crippen molar-refractivity contribution in [3.8, 4) is 0 Å². The van der Waals surface area contributed by atoms with E-state index in [4.69, 9.17) is 11.1 Å². The zero-order valence-corrected chi connectivity index (χ0v) is 16.6. The molecule has 0 heterocycles. The summed E-state index contributed by atoms with van der Waals surface area (Å²) in [7, 11) is 0. The first-order valence-electron chi connectivity index (χ1n) is 8.59. The summed E-state index contributed by atoms with van der Waals surface area (Å²) in [5, 5.41) is 11.0. The van der Waals surface area contributed by atoms with E-state index in [0.717, 1.165) is 33.0 Å². The molecule has 0 aliphatic rings. The topological polar surface area (TPSA) is 61.9 Å². The number of allylic oxidation sites excluding steroid dienone is 1. The lowest BCUT2D eigenvalue weighted by Gasteiger charge is -2.15. The van der Waals surface area contributed by atoms with Gasteiger partial charge in [-0.3, -0.25) is 5.41 Å². The van der Waals surface area contributed by atoms with E-state index in [1.165, 1.54) is 0 Å². The maximum Gasteiger partial charge on any atom is 0.124 e. The number of aryl methyl sites for hydroxylation is 1. The van der Waals surface area contributed by atoms with Gasteiger partial charge < -0.3 is 11.1 Å². The number of rotatable bonds is 4. The molecule has 138 valence electrons. The summed E-state index contributed by atoms with van der Waals surface area (Å²) in [6.45, 7) is 7.95. The van der Waals surface area contributed by atoms with Crippen LogP contribution in [0.15, 0.2) is 84.3 Å². The second-order valence-corrected chi connectivity index (χ2v) is 6.75. The molecule has 0 amide bonds. The van der Waals surface area contributed by atoms with Crippen molar-refractivity contribution in [2.24, 2.45) is 5.73 Å². The highest BCUT2D eigenvalue weighted by atomic mass is 32.1. The zero-order valence-electron chi connectivity index (χ0n) is 15.7. The first kappa shape index (κ1) is 20.3. The van der Waals surface area contributed by atoms with Gasteiger partial charge in [-0.05, 0) is 55.3 Å². The molecule has 3 rings (SSSR count). The van der Waals surface area contributed by atoms with E-state index >= 15 is 0 Å². The fraction of sp³-hybridized carbons (Fsp3) is 0.0870.